The van der Waals surface area contributed by atoms with Gasteiger partial charge in [-0.2, -0.15) is 0 Å². The summed E-state index contributed by atoms with van der Waals surface area (Å²) in [6.07, 6.45) is 0. The van der Waals surface area contributed by atoms with Crippen molar-refractivity contribution in [2.45, 2.75) is 6.04 Å². The highest BCUT2D eigenvalue weighted by atomic mass is 16.4. The Morgan fingerprint density at radius 1 is 0.840 bits per heavy atom. The lowest BCUT2D eigenvalue weighted by molar-refractivity contribution is 0.0696. The number of benzene rings is 3. The third kappa shape index (κ3) is 2.48. The molecule has 4 rings (SSSR count). The van der Waals surface area contributed by atoms with Crippen molar-refractivity contribution < 1.29 is 14.7 Å². The Morgan fingerprint density at radius 2 is 1.48 bits per heavy atom. The molecule has 1 aliphatic rings. The minimum absolute atomic E-state index is 0.0471. The summed E-state index contributed by atoms with van der Waals surface area (Å²) < 4.78 is 0. The fourth-order valence-electron chi connectivity index (χ4n) is 3.31. The Kier molecular flexibility index (Phi) is 3.58. The molecule has 1 aliphatic heterocycles. The van der Waals surface area contributed by atoms with Gasteiger partial charge < -0.3 is 5.11 Å². The van der Waals surface area contributed by atoms with E-state index in [1.54, 1.807) is 29.2 Å². The topological polar surface area (TPSA) is 57.6 Å². The molecule has 0 saturated heterocycles. The van der Waals surface area contributed by atoms with Crippen molar-refractivity contribution in [2.24, 2.45) is 0 Å². The summed E-state index contributed by atoms with van der Waals surface area (Å²) in [7, 11) is 0. The van der Waals surface area contributed by atoms with E-state index in [2.05, 4.69) is 0 Å². The molecule has 0 fully saturated rings. The maximum atomic E-state index is 13.0. The van der Waals surface area contributed by atoms with Crippen LogP contribution in [0.3, 0.4) is 0 Å². The van der Waals surface area contributed by atoms with Crippen LogP contribution < -0.4 is 4.90 Å². The predicted octanol–water partition coefficient (Wildman–Crippen LogP) is 4.13. The molecule has 0 aromatic heterocycles. The van der Waals surface area contributed by atoms with Gasteiger partial charge in [-0.3, -0.25) is 9.69 Å². The molecule has 1 amide bonds. The van der Waals surface area contributed by atoms with Gasteiger partial charge in [0.2, 0.25) is 0 Å². The first-order chi connectivity index (χ1) is 12.2. The quantitative estimate of drug-likeness (QED) is 0.786. The fourth-order valence-corrected chi connectivity index (χ4v) is 3.31. The Bertz CT molecular complexity index is 948. The van der Waals surface area contributed by atoms with E-state index in [1.807, 2.05) is 54.6 Å². The molecule has 0 bridgehead atoms. The van der Waals surface area contributed by atoms with Gasteiger partial charge in [0, 0.05) is 11.3 Å². The van der Waals surface area contributed by atoms with Crippen LogP contribution >= 0.6 is 0 Å². The van der Waals surface area contributed by atoms with Gasteiger partial charge in [0.05, 0.1) is 11.6 Å². The number of fused-ring (bicyclic) bond motifs is 1. The van der Waals surface area contributed by atoms with Gasteiger partial charge in [0.1, 0.15) is 0 Å². The summed E-state index contributed by atoms with van der Waals surface area (Å²) >= 11 is 0. The Labute approximate surface area is 145 Å². The zero-order chi connectivity index (χ0) is 17.4. The van der Waals surface area contributed by atoms with Crippen LogP contribution in [0.25, 0.3) is 0 Å². The van der Waals surface area contributed by atoms with E-state index in [9.17, 15) is 9.59 Å². The predicted molar refractivity (Wildman–Crippen MR) is 94.9 cm³/mol. The van der Waals surface area contributed by atoms with Gasteiger partial charge in [-0.05, 0) is 41.5 Å². The summed E-state index contributed by atoms with van der Waals surface area (Å²) in [5.41, 5.74) is 3.54. The van der Waals surface area contributed by atoms with Crippen LogP contribution in [0.5, 0.6) is 0 Å². The van der Waals surface area contributed by atoms with Gasteiger partial charge in [-0.25, -0.2) is 4.79 Å². The highest BCUT2D eigenvalue weighted by Gasteiger charge is 2.38. The van der Waals surface area contributed by atoms with Crippen molar-refractivity contribution in [3.05, 3.63) is 101 Å². The second kappa shape index (κ2) is 5.91. The fraction of sp³-hybridized carbons (Fsp3) is 0.0476. The van der Waals surface area contributed by atoms with Crippen LogP contribution in [0.15, 0.2) is 78.9 Å². The van der Waals surface area contributed by atoms with Crippen LogP contribution in [-0.2, 0) is 0 Å². The Balaban J connectivity index is 1.86. The molecule has 1 N–H and O–H groups in total. The maximum absolute atomic E-state index is 13.0. The zero-order valence-corrected chi connectivity index (χ0v) is 13.3. The summed E-state index contributed by atoms with van der Waals surface area (Å²) in [6.45, 7) is 0. The third-order valence-corrected chi connectivity index (χ3v) is 4.47. The molecular weight excluding hydrogens is 314 g/mol. The number of rotatable bonds is 3. The molecule has 4 nitrogen and oxygen atoms in total. The standard InChI is InChI=1S/C21H15NO3/c23-20-18-9-5-4-8-17(18)19(22(20)16-6-2-1-3-7-16)14-10-12-15(13-11-14)21(24)25/h1-13,19H,(H,24,25). The van der Waals surface area contributed by atoms with Gasteiger partial charge in [-0.1, -0.05) is 48.5 Å². The first kappa shape index (κ1) is 15.1. The molecule has 4 heteroatoms. The molecule has 3 aromatic carbocycles. The highest BCUT2D eigenvalue weighted by molar-refractivity contribution is 6.11. The monoisotopic (exact) mass is 329 g/mol. The van der Waals surface area contributed by atoms with Crippen molar-refractivity contribution in [3.8, 4) is 0 Å². The van der Waals surface area contributed by atoms with E-state index in [0.717, 1.165) is 16.8 Å². The van der Waals surface area contributed by atoms with Gasteiger partial charge >= 0.3 is 5.97 Å². The van der Waals surface area contributed by atoms with E-state index in [1.165, 1.54) is 0 Å². The number of amides is 1. The van der Waals surface area contributed by atoms with Crippen molar-refractivity contribution >= 4 is 17.6 Å². The number of nitrogens with zero attached hydrogens (tertiary/aromatic N) is 1. The average Bonchev–Trinajstić information content (AvgIpc) is 2.95. The maximum Gasteiger partial charge on any atom is 0.335 e. The zero-order valence-electron chi connectivity index (χ0n) is 13.3. The average molecular weight is 329 g/mol. The van der Waals surface area contributed by atoms with Crippen LogP contribution in [-0.4, -0.2) is 17.0 Å². The largest absolute Gasteiger partial charge is 0.478 e. The number of carboxylic acids is 1. The second-order valence-electron chi connectivity index (χ2n) is 5.93. The number of carbonyl (C=O) groups is 2. The van der Waals surface area contributed by atoms with Crippen molar-refractivity contribution in [2.75, 3.05) is 4.90 Å². The molecule has 0 aliphatic carbocycles. The second-order valence-corrected chi connectivity index (χ2v) is 5.93. The first-order valence-corrected chi connectivity index (χ1v) is 7.97. The summed E-state index contributed by atoms with van der Waals surface area (Å²) in [5.74, 6) is -1.01. The number of anilines is 1. The number of aromatic carboxylic acids is 1. The van der Waals surface area contributed by atoms with Crippen LogP contribution in [0.4, 0.5) is 5.69 Å². The van der Waals surface area contributed by atoms with Crippen molar-refractivity contribution in [1.29, 1.82) is 0 Å². The molecule has 3 aromatic rings. The molecule has 122 valence electrons. The Morgan fingerprint density at radius 3 is 2.16 bits per heavy atom. The number of carboxylic acid groups (broad SMARTS) is 1. The third-order valence-electron chi connectivity index (χ3n) is 4.47. The minimum Gasteiger partial charge on any atom is -0.478 e. The SMILES string of the molecule is O=C(O)c1ccc(C2c3ccccc3C(=O)N2c2ccccc2)cc1. The number of carbonyl (C=O) groups excluding carboxylic acids is 1. The lowest BCUT2D eigenvalue weighted by atomic mass is 9.97. The van der Waals surface area contributed by atoms with E-state index < -0.39 is 5.97 Å². The molecular formula is C21H15NO3. The smallest absolute Gasteiger partial charge is 0.335 e. The van der Waals surface area contributed by atoms with Gasteiger partial charge in [0.15, 0.2) is 0 Å². The Hall–Kier alpha value is -3.40. The van der Waals surface area contributed by atoms with Crippen LogP contribution in [0.1, 0.15) is 37.9 Å². The van der Waals surface area contributed by atoms with Crippen LogP contribution in [0.2, 0.25) is 0 Å². The molecule has 0 radical (unpaired) electrons. The minimum atomic E-state index is -0.964. The van der Waals surface area contributed by atoms with E-state index >= 15 is 0 Å². The molecule has 0 saturated carbocycles. The summed E-state index contributed by atoms with van der Waals surface area (Å²) in [4.78, 5) is 25.9. The van der Waals surface area contributed by atoms with E-state index in [4.69, 9.17) is 5.11 Å². The first-order valence-electron chi connectivity index (χ1n) is 7.97. The van der Waals surface area contributed by atoms with Crippen molar-refractivity contribution in [1.82, 2.24) is 0 Å². The van der Waals surface area contributed by atoms with Crippen LogP contribution in [0, 0.1) is 0 Å². The summed E-state index contributed by atoms with van der Waals surface area (Å²) in [6, 6.07) is 23.5. The number of hydrogen-bond donors (Lipinski definition) is 1. The van der Waals surface area contributed by atoms with E-state index in [0.29, 0.717) is 5.56 Å². The molecule has 0 spiro atoms. The normalized spacial score (nSPS) is 15.9. The van der Waals surface area contributed by atoms with Crippen molar-refractivity contribution in [3.63, 3.8) is 0 Å². The molecule has 1 atom stereocenters. The highest BCUT2D eigenvalue weighted by Crippen LogP contribution is 2.41. The summed E-state index contributed by atoms with van der Waals surface area (Å²) in [5, 5.41) is 9.11. The molecule has 1 heterocycles. The molecule has 1 unspecified atom stereocenters. The number of para-hydroxylation sites is 1. The van der Waals surface area contributed by atoms with Gasteiger partial charge in [-0.15, -0.1) is 0 Å². The number of hydrogen-bond acceptors (Lipinski definition) is 2. The lowest BCUT2D eigenvalue weighted by Gasteiger charge is -2.26. The van der Waals surface area contributed by atoms with E-state index in [-0.39, 0.29) is 17.5 Å². The molecule has 25 heavy (non-hydrogen) atoms. The lowest BCUT2D eigenvalue weighted by Crippen LogP contribution is -2.28. The van der Waals surface area contributed by atoms with Gasteiger partial charge in [0.25, 0.3) is 5.91 Å².